The zero-order valence-electron chi connectivity index (χ0n) is 13.7. The Balaban J connectivity index is 1.74. The minimum Gasteiger partial charge on any atom is -0.342 e. The molecule has 1 fully saturated rings. The molecule has 2 unspecified atom stereocenters. The number of amides is 1. The molecule has 126 valence electrons. The Bertz CT molecular complexity index is 611. The molecule has 1 aromatic rings. The standard InChI is InChI=1S/C16H22ClN3OS2/c1-9(2)5-7-22-16-18-14(17)13-11-4-6-20(10(3)21)8-12(11)23-15(13)19-16/h9,11-12H,4-8H2,1-3H3. The second-order valence-electron chi connectivity index (χ2n) is 6.56. The molecule has 1 saturated heterocycles. The third-order valence-corrected chi connectivity index (χ3v) is 6.89. The van der Waals surface area contributed by atoms with Gasteiger partial charge < -0.3 is 4.90 Å². The number of thioether (sulfide) groups is 2. The zero-order valence-corrected chi connectivity index (χ0v) is 16.1. The van der Waals surface area contributed by atoms with Crippen LogP contribution < -0.4 is 0 Å². The molecule has 0 aliphatic carbocycles. The summed E-state index contributed by atoms with van der Waals surface area (Å²) in [5.74, 6) is 2.24. The van der Waals surface area contributed by atoms with E-state index in [4.69, 9.17) is 16.6 Å². The number of aromatic nitrogens is 2. The van der Waals surface area contributed by atoms with Crippen molar-refractivity contribution in [1.82, 2.24) is 14.9 Å². The number of halogens is 1. The fraction of sp³-hybridized carbons (Fsp3) is 0.688. The van der Waals surface area contributed by atoms with Crippen molar-refractivity contribution in [2.45, 2.75) is 55.0 Å². The summed E-state index contributed by atoms with van der Waals surface area (Å²) in [6.45, 7) is 7.67. The van der Waals surface area contributed by atoms with Crippen LogP contribution in [0.2, 0.25) is 5.15 Å². The first kappa shape index (κ1) is 17.4. The number of nitrogens with zero attached hydrogens (tertiary/aromatic N) is 3. The maximum Gasteiger partial charge on any atom is 0.219 e. The van der Waals surface area contributed by atoms with Crippen LogP contribution >= 0.6 is 35.1 Å². The zero-order chi connectivity index (χ0) is 16.6. The van der Waals surface area contributed by atoms with Gasteiger partial charge in [0.05, 0.1) is 0 Å². The van der Waals surface area contributed by atoms with Gasteiger partial charge in [-0.3, -0.25) is 4.79 Å². The van der Waals surface area contributed by atoms with Gasteiger partial charge in [-0.2, -0.15) is 0 Å². The molecule has 2 aliphatic rings. The minimum atomic E-state index is 0.155. The van der Waals surface area contributed by atoms with Gasteiger partial charge in [-0.1, -0.05) is 37.2 Å². The molecule has 2 aliphatic heterocycles. The van der Waals surface area contributed by atoms with E-state index in [1.54, 1.807) is 30.4 Å². The van der Waals surface area contributed by atoms with E-state index < -0.39 is 0 Å². The van der Waals surface area contributed by atoms with Gasteiger partial charge in [0, 0.05) is 42.5 Å². The summed E-state index contributed by atoms with van der Waals surface area (Å²) in [4.78, 5) is 22.8. The number of rotatable bonds is 4. The molecule has 23 heavy (non-hydrogen) atoms. The monoisotopic (exact) mass is 371 g/mol. The van der Waals surface area contributed by atoms with Gasteiger partial charge in [0.2, 0.25) is 5.91 Å². The molecular weight excluding hydrogens is 350 g/mol. The highest BCUT2D eigenvalue weighted by molar-refractivity contribution is 8.00. The van der Waals surface area contributed by atoms with Crippen LogP contribution in [0.25, 0.3) is 0 Å². The van der Waals surface area contributed by atoms with Gasteiger partial charge in [0.15, 0.2) is 5.16 Å². The Kier molecular flexibility index (Phi) is 5.43. The number of carbonyl (C=O) groups is 1. The maximum absolute atomic E-state index is 11.6. The molecule has 3 heterocycles. The SMILES string of the molecule is CC(=O)N1CCC2c3c(Cl)nc(SCCC(C)C)nc3SC2C1. The van der Waals surface area contributed by atoms with Crippen molar-refractivity contribution >= 4 is 41.0 Å². The van der Waals surface area contributed by atoms with E-state index in [1.165, 1.54) is 0 Å². The average Bonchev–Trinajstić information content (AvgIpc) is 2.84. The Hall–Kier alpha value is -0.460. The summed E-state index contributed by atoms with van der Waals surface area (Å²) in [6, 6.07) is 0. The fourth-order valence-corrected chi connectivity index (χ4v) is 6.10. The molecule has 0 saturated carbocycles. The summed E-state index contributed by atoms with van der Waals surface area (Å²) in [5, 5.41) is 2.78. The number of carbonyl (C=O) groups excluding carboxylic acids is 1. The maximum atomic E-state index is 11.6. The quantitative estimate of drug-likeness (QED) is 0.453. The first-order valence-corrected chi connectivity index (χ1v) is 10.3. The van der Waals surface area contributed by atoms with Gasteiger partial charge in [-0.05, 0) is 18.8 Å². The van der Waals surface area contributed by atoms with E-state index in [0.717, 1.165) is 47.4 Å². The van der Waals surface area contributed by atoms with Gasteiger partial charge in [-0.25, -0.2) is 9.97 Å². The van der Waals surface area contributed by atoms with Crippen molar-refractivity contribution in [1.29, 1.82) is 0 Å². The largest absolute Gasteiger partial charge is 0.342 e. The van der Waals surface area contributed by atoms with Gasteiger partial charge >= 0.3 is 0 Å². The molecule has 4 nitrogen and oxygen atoms in total. The molecule has 2 atom stereocenters. The molecular formula is C16H22ClN3OS2. The van der Waals surface area contributed by atoms with Crippen molar-refractivity contribution in [3.05, 3.63) is 10.7 Å². The van der Waals surface area contributed by atoms with Crippen LogP contribution in [0, 0.1) is 5.92 Å². The van der Waals surface area contributed by atoms with Crippen molar-refractivity contribution in [2.75, 3.05) is 18.8 Å². The topological polar surface area (TPSA) is 46.1 Å². The summed E-state index contributed by atoms with van der Waals surface area (Å²) in [6.07, 6.45) is 2.10. The van der Waals surface area contributed by atoms with Gasteiger partial charge in [-0.15, -0.1) is 11.8 Å². The predicted octanol–water partition coefficient (Wildman–Crippen LogP) is 4.08. The summed E-state index contributed by atoms with van der Waals surface area (Å²) < 4.78 is 0. The third kappa shape index (κ3) is 3.80. The van der Waals surface area contributed by atoms with Crippen LogP contribution in [0.1, 0.15) is 45.1 Å². The summed E-state index contributed by atoms with van der Waals surface area (Å²) in [5.41, 5.74) is 1.11. The molecule has 0 aromatic carbocycles. The fourth-order valence-electron chi connectivity index (χ4n) is 3.05. The van der Waals surface area contributed by atoms with E-state index in [2.05, 4.69) is 18.8 Å². The second kappa shape index (κ2) is 7.19. The molecule has 0 radical (unpaired) electrons. The van der Waals surface area contributed by atoms with Crippen LogP contribution in [-0.4, -0.2) is 44.9 Å². The Morgan fingerprint density at radius 1 is 1.48 bits per heavy atom. The summed E-state index contributed by atoms with van der Waals surface area (Å²) >= 11 is 9.93. The van der Waals surface area contributed by atoms with Crippen LogP contribution in [0.15, 0.2) is 10.2 Å². The first-order chi connectivity index (χ1) is 11.0. The van der Waals surface area contributed by atoms with Crippen molar-refractivity contribution in [3.8, 4) is 0 Å². The lowest BCUT2D eigenvalue weighted by molar-refractivity contribution is -0.129. The Morgan fingerprint density at radius 2 is 2.26 bits per heavy atom. The van der Waals surface area contributed by atoms with Gasteiger partial charge in [0.1, 0.15) is 10.2 Å². The molecule has 1 amide bonds. The van der Waals surface area contributed by atoms with Crippen LogP contribution in [0.3, 0.4) is 0 Å². The van der Waals surface area contributed by atoms with Crippen molar-refractivity contribution in [2.24, 2.45) is 5.92 Å². The van der Waals surface area contributed by atoms with E-state index in [0.29, 0.717) is 22.2 Å². The third-order valence-electron chi connectivity index (χ3n) is 4.41. The molecule has 0 bridgehead atoms. The predicted molar refractivity (Wildman–Crippen MR) is 96.5 cm³/mol. The van der Waals surface area contributed by atoms with Crippen molar-refractivity contribution in [3.63, 3.8) is 0 Å². The Labute approximate surface area is 151 Å². The molecule has 3 rings (SSSR count). The second-order valence-corrected chi connectivity index (χ2v) is 9.21. The lowest BCUT2D eigenvalue weighted by atomic mass is 9.91. The lowest BCUT2D eigenvalue weighted by Crippen LogP contribution is -2.42. The molecule has 0 spiro atoms. The molecule has 0 N–H and O–H groups in total. The lowest BCUT2D eigenvalue weighted by Gasteiger charge is -2.33. The van der Waals surface area contributed by atoms with Crippen LogP contribution in [0.4, 0.5) is 0 Å². The minimum absolute atomic E-state index is 0.155. The molecule has 1 aromatic heterocycles. The van der Waals surface area contributed by atoms with E-state index in [1.807, 2.05) is 4.90 Å². The van der Waals surface area contributed by atoms with Crippen LogP contribution in [-0.2, 0) is 4.79 Å². The number of hydrogen-bond donors (Lipinski definition) is 0. The average molecular weight is 372 g/mol. The number of piperidine rings is 1. The number of hydrogen-bond acceptors (Lipinski definition) is 5. The Morgan fingerprint density at radius 3 is 2.96 bits per heavy atom. The van der Waals surface area contributed by atoms with E-state index >= 15 is 0 Å². The number of likely N-dealkylation sites (tertiary alicyclic amines) is 1. The highest BCUT2D eigenvalue weighted by Gasteiger charge is 2.41. The molecule has 7 heteroatoms. The van der Waals surface area contributed by atoms with Crippen molar-refractivity contribution < 1.29 is 4.79 Å². The van der Waals surface area contributed by atoms with Gasteiger partial charge in [0.25, 0.3) is 0 Å². The highest BCUT2D eigenvalue weighted by Crippen LogP contribution is 2.50. The normalized spacial score (nSPS) is 23.1. The van der Waals surface area contributed by atoms with E-state index in [-0.39, 0.29) is 5.91 Å². The number of fused-ring (bicyclic) bond motifs is 3. The smallest absolute Gasteiger partial charge is 0.219 e. The summed E-state index contributed by atoms with van der Waals surface area (Å²) in [7, 11) is 0. The first-order valence-electron chi connectivity index (χ1n) is 8.08. The highest BCUT2D eigenvalue weighted by atomic mass is 35.5. The van der Waals surface area contributed by atoms with E-state index in [9.17, 15) is 4.79 Å². The van der Waals surface area contributed by atoms with Crippen LogP contribution in [0.5, 0.6) is 0 Å².